The number of aliphatic imine (C=N–C) groups is 1. The van der Waals surface area contributed by atoms with Crippen LogP contribution in [0.4, 0.5) is 0 Å². The molecule has 0 aliphatic carbocycles. The lowest BCUT2D eigenvalue weighted by atomic mass is 9.99. The van der Waals surface area contributed by atoms with Crippen molar-refractivity contribution >= 4 is 86.6 Å². The summed E-state index contributed by atoms with van der Waals surface area (Å²) < 4.78 is 0. The van der Waals surface area contributed by atoms with Gasteiger partial charge in [0.15, 0.2) is 5.96 Å². The number of nitrogens with zero attached hydrogens (tertiary/aromatic N) is 2. The molecule has 0 radical (unpaired) electrons. The van der Waals surface area contributed by atoms with Crippen LogP contribution in [0.25, 0.3) is 0 Å². The molecule has 16 N–H and O–H groups in total. The highest BCUT2D eigenvalue weighted by atomic mass is 33.1. The number of nitrogens with two attached hydrogens (primary N) is 4. The van der Waals surface area contributed by atoms with Crippen molar-refractivity contribution in [2.24, 2.45) is 33.8 Å². The minimum atomic E-state index is -1.68. The van der Waals surface area contributed by atoms with E-state index < -0.39 is 120 Å². The Morgan fingerprint density at radius 3 is 1.94 bits per heavy atom. The Labute approximate surface area is 418 Å². The van der Waals surface area contributed by atoms with Crippen molar-refractivity contribution in [3.63, 3.8) is 0 Å². The van der Waals surface area contributed by atoms with E-state index in [9.17, 15) is 53.1 Å². The fraction of sp³-hybridized carbons (Fsp3) is 0.489. The minimum Gasteiger partial charge on any atom is -0.508 e. The van der Waals surface area contributed by atoms with Crippen LogP contribution in [0.5, 0.6) is 5.75 Å². The number of guanidine groups is 1. The fourth-order valence-corrected chi connectivity index (χ4v) is 9.01. The molecular formula is C45H65N13O11S2. The maximum atomic E-state index is 14.3. The van der Waals surface area contributed by atoms with Crippen LogP contribution in [-0.4, -0.2) is 149 Å². The number of carbonyl (C=O) groups is 10. The second-order valence-electron chi connectivity index (χ2n) is 16.9. The smallest absolute Gasteiger partial charge is 0.246 e. The molecule has 2 aromatic rings. The van der Waals surface area contributed by atoms with E-state index in [0.717, 1.165) is 26.5 Å². The largest absolute Gasteiger partial charge is 0.508 e. The van der Waals surface area contributed by atoms with Crippen molar-refractivity contribution in [1.29, 1.82) is 0 Å². The first-order chi connectivity index (χ1) is 33.6. The average Bonchev–Trinajstić information content (AvgIpc) is 3.31. The molecule has 2 aromatic carbocycles. The average molecular weight is 1030 g/mol. The lowest BCUT2D eigenvalue weighted by Crippen LogP contribution is -2.61. The van der Waals surface area contributed by atoms with E-state index in [2.05, 4.69) is 42.2 Å². The third kappa shape index (κ3) is 20.4. The van der Waals surface area contributed by atoms with Gasteiger partial charge in [-0.1, -0.05) is 77.9 Å². The van der Waals surface area contributed by atoms with E-state index in [1.54, 1.807) is 56.3 Å². The first kappa shape index (κ1) is 58.2. The van der Waals surface area contributed by atoms with Crippen LogP contribution in [0.15, 0.2) is 59.6 Å². The van der Waals surface area contributed by atoms with Crippen LogP contribution in [0, 0.1) is 5.92 Å². The summed E-state index contributed by atoms with van der Waals surface area (Å²) in [6.07, 6.45) is -0.706. The summed E-state index contributed by atoms with van der Waals surface area (Å²) >= 11 is 0. The highest BCUT2D eigenvalue weighted by Gasteiger charge is 2.37. The van der Waals surface area contributed by atoms with Crippen LogP contribution in [0.1, 0.15) is 57.6 Å². The number of aromatic hydroxyl groups is 1. The van der Waals surface area contributed by atoms with Crippen molar-refractivity contribution in [2.75, 3.05) is 31.6 Å². The molecule has 24 nitrogen and oxygen atoms in total. The predicted molar refractivity (Wildman–Crippen MR) is 266 cm³/mol. The van der Waals surface area contributed by atoms with Gasteiger partial charge < -0.3 is 70.2 Å². The van der Waals surface area contributed by atoms with Crippen molar-refractivity contribution in [2.45, 2.75) is 102 Å². The van der Waals surface area contributed by atoms with Gasteiger partial charge in [-0.15, -0.1) is 0 Å². The molecule has 7 atom stereocenters. The molecule has 0 unspecified atom stereocenters. The summed E-state index contributed by atoms with van der Waals surface area (Å²) in [5.74, 6) is -9.10. The van der Waals surface area contributed by atoms with Gasteiger partial charge in [-0.25, -0.2) is 0 Å². The Morgan fingerprint density at radius 1 is 0.746 bits per heavy atom. The van der Waals surface area contributed by atoms with Crippen molar-refractivity contribution < 1.29 is 53.1 Å². The molecule has 3 rings (SSSR count). The highest BCUT2D eigenvalue weighted by Crippen LogP contribution is 2.24. The van der Waals surface area contributed by atoms with Gasteiger partial charge in [-0.05, 0) is 48.9 Å². The number of phenols is 1. The number of amides is 10. The van der Waals surface area contributed by atoms with Gasteiger partial charge in [-0.2, -0.15) is 0 Å². The standard InChI is InChI=1S/C45H65N13O11S2/c1-24(2)37-43(68)55-32(21-34(46)60)41(66)56-33(44(69)58(4)25(3)38(63)53-29(11-8-17-50-45(48)49)39(64)51-22-35(47)61)23-71-70-18-16-36(62)52-30(20-27-12-14-28(59)15-13-27)40(65)54-31(42(67)57-37)19-26-9-6-5-7-10-26/h5-7,9-10,12-15,24-25,29-33,37,59H,8,11,16-23H2,1-4H3,(H2,46,60)(H2,47,61)(H,51,64)(H,52,62)(H,53,63)(H,54,65)(H,55,68)(H,56,66)(H,57,67)(H4,48,49,50)/t25-,29-,30+,31-,32-,33-,37+/m0/s1. The number of rotatable bonds is 18. The Hall–Kier alpha value is -7.09. The molecular weight excluding hydrogens is 963 g/mol. The molecule has 0 aromatic heterocycles. The number of nitrogens with one attached hydrogen (secondary N) is 7. The highest BCUT2D eigenvalue weighted by molar-refractivity contribution is 8.76. The van der Waals surface area contributed by atoms with Crippen LogP contribution in [-0.2, 0) is 60.8 Å². The summed E-state index contributed by atoms with van der Waals surface area (Å²) in [7, 11) is 3.48. The molecule has 71 heavy (non-hydrogen) atoms. The topological polar surface area (TPSA) is 395 Å². The zero-order valence-corrected chi connectivity index (χ0v) is 41.6. The number of likely N-dealkylation sites (N-methyl/N-ethyl adjacent to an activating group) is 1. The van der Waals surface area contributed by atoms with Crippen LogP contribution in [0.2, 0.25) is 0 Å². The van der Waals surface area contributed by atoms with Gasteiger partial charge in [0.1, 0.15) is 48.0 Å². The van der Waals surface area contributed by atoms with Gasteiger partial charge >= 0.3 is 0 Å². The number of benzene rings is 2. The van der Waals surface area contributed by atoms with Crippen LogP contribution >= 0.6 is 21.6 Å². The molecule has 0 saturated carbocycles. The van der Waals surface area contributed by atoms with Crippen LogP contribution in [0.3, 0.4) is 0 Å². The number of hydrogen-bond acceptors (Lipinski definition) is 14. The summed E-state index contributed by atoms with van der Waals surface area (Å²) in [6, 6.07) is 5.22. The van der Waals surface area contributed by atoms with Crippen molar-refractivity contribution in [3.8, 4) is 5.75 Å². The third-order valence-corrected chi connectivity index (χ3v) is 13.3. The quantitative estimate of drug-likeness (QED) is 0.0305. The zero-order chi connectivity index (χ0) is 52.8. The van der Waals surface area contributed by atoms with Gasteiger partial charge in [0.05, 0.1) is 13.0 Å². The summed E-state index contributed by atoms with van der Waals surface area (Å²) in [6.45, 7) is 4.16. The lowest BCUT2D eigenvalue weighted by molar-refractivity contribution is -0.142. The summed E-state index contributed by atoms with van der Waals surface area (Å²) in [4.78, 5) is 139. The van der Waals surface area contributed by atoms with Crippen molar-refractivity contribution in [1.82, 2.24) is 42.1 Å². The summed E-state index contributed by atoms with van der Waals surface area (Å²) in [5.41, 5.74) is 22.7. The number of primary amides is 2. The van der Waals surface area contributed by atoms with Crippen LogP contribution < -0.4 is 60.2 Å². The van der Waals surface area contributed by atoms with E-state index in [0.29, 0.717) is 11.1 Å². The molecule has 26 heteroatoms. The van der Waals surface area contributed by atoms with Gasteiger partial charge in [-0.3, -0.25) is 52.9 Å². The maximum absolute atomic E-state index is 14.3. The Morgan fingerprint density at radius 2 is 1.34 bits per heavy atom. The number of hydrogen-bond donors (Lipinski definition) is 12. The molecule has 0 spiro atoms. The van der Waals surface area contributed by atoms with E-state index in [1.807, 2.05) is 0 Å². The minimum absolute atomic E-state index is 0.0108. The van der Waals surface area contributed by atoms with E-state index in [4.69, 9.17) is 22.9 Å². The Bertz CT molecular complexity index is 2230. The lowest BCUT2D eigenvalue weighted by Gasteiger charge is -2.31. The predicted octanol–water partition coefficient (Wildman–Crippen LogP) is -3.10. The molecule has 0 bridgehead atoms. The third-order valence-electron chi connectivity index (χ3n) is 10.9. The maximum Gasteiger partial charge on any atom is 0.246 e. The fourth-order valence-electron chi connectivity index (χ4n) is 6.87. The Kier molecular flexibility index (Phi) is 23.9. The Balaban J connectivity index is 1.99. The SMILES string of the molecule is CC(C)[C@H]1NC(=O)[C@H](Cc2ccccc2)NC(=O)[C@@H](Cc2ccc(O)cc2)NC(=O)CCSSC[C@@H](C(=O)N(C)[C@@H](C)C(=O)N[C@@H](CCCN=C(N)N)C(=O)NCC(N)=O)NC(=O)[C@H](CC(N)=O)NC1=O. The second-order valence-corrected chi connectivity index (χ2v) is 19.6. The second kappa shape index (κ2) is 29.2. The van der Waals surface area contributed by atoms with E-state index >= 15 is 0 Å². The number of carbonyl (C=O) groups excluding carboxylic acids is 10. The van der Waals surface area contributed by atoms with Gasteiger partial charge in [0.2, 0.25) is 59.1 Å². The first-order valence-electron chi connectivity index (χ1n) is 22.6. The summed E-state index contributed by atoms with van der Waals surface area (Å²) in [5, 5.41) is 28.0. The zero-order valence-electron chi connectivity index (χ0n) is 39.9. The molecule has 1 aliphatic rings. The monoisotopic (exact) mass is 1030 g/mol. The normalized spacial score (nSPS) is 20.5. The van der Waals surface area contributed by atoms with Gasteiger partial charge in [0.25, 0.3) is 0 Å². The van der Waals surface area contributed by atoms with Gasteiger partial charge in [0, 0.05) is 44.4 Å². The van der Waals surface area contributed by atoms with Crippen molar-refractivity contribution in [3.05, 3.63) is 65.7 Å². The van der Waals surface area contributed by atoms with E-state index in [1.165, 1.54) is 26.1 Å². The first-order valence-corrected chi connectivity index (χ1v) is 25.1. The number of phenolic OH excluding ortho intramolecular Hbond substituents is 1. The molecule has 1 saturated heterocycles. The molecule has 10 amide bonds. The molecule has 1 heterocycles. The molecule has 1 fully saturated rings. The molecule has 388 valence electrons. The molecule has 1 aliphatic heterocycles. The van der Waals surface area contributed by atoms with E-state index in [-0.39, 0.29) is 61.9 Å².